The number of aliphatic hydroxyl groups is 1. The first-order valence-electron chi connectivity index (χ1n) is 7.11. The summed E-state index contributed by atoms with van der Waals surface area (Å²) in [7, 11) is 0. The van der Waals surface area contributed by atoms with E-state index in [1.807, 2.05) is 13.8 Å². The Kier molecular flexibility index (Phi) is 3.43. The minimum atomic E-state index is -0.790. The predicted molar refractivity (Wildman–Crippen MR) is 78.2 cm³/mol. The molecule has 1 fully saturated rings. The standard InChI is InChI=1S/C15H18N2O4/c1-3-11-8(2)12(18)14(21-11)17-10-7-5-4-6-9(10)13(19)16-15(17)20/h4-8,11-12,14,18H,3H2,1-2H3,(H,16,19,20)/t8-,11-,12+,14-/m1/s1. The number of ether oxygens (including phenoxy) is 1. The van der Waals surface area contributed by atoms with Crippen LogP contribution in [0.1, 0.15) is 26.5 Å². The van der Waals surface area contributed by atoms with Crippen molar-refractivity contribution in [1.82, 2.24) is 9.55 Å². The molecule has 1 aliphatic rings. The number of fused-ring (bicyclic) bond motifs is 1. The lowest BCUT2D eigenvalue weighted by Gasteiger charge is -2.19. The number of H-pyrrole nitrogens is 1. The minimum Gasteiger partial charge on any atom is -0.388 e. The fourth-order valence-electron chi connectivity index (χ4n) is 3.01. The van der Waals surface area contributed by atoms with Gasteiger partial charge in [-0.2, -0.15) is 0 Å². The van der Waals surface area contributed by atoms with Crippen LogP contribution in [0.2, 0.25) is 0 Å². The average molecular weight is 290 g/mol. The molecule has 2 N–H and O–H groups in total. The Morgan fingerprint density at radius 2 is 2.05 bits per heavy atom. The molecule has 1 aliphatic heterocycles. The van der Waals surface area contributed by atoms with Crippen LogP contribution in [0.25, 0.3) is 10.9 Å². The van der Waals surface area contributed by atoms with Gasteiger partial charge in [-0.3, -0.25) is 14.3 Å². The van der Waals surface area contributed by atoms with Gasteiger partial charge < -0.3 is 9.84 Å². The smallest absolute Gasteiger partial charge is 0.331 e. The van der Waals surface area contributed by atoms with Crippen molar-refractivity contribution in [3.63, 3.8) is 0 Å². The summed E-state index contributed by atoms with van der Waals surface area (Å²) in [6, 6.07) is 6.81. The maximum absolute atomic E-state index is 12.2. The summed E-state index contributed by atoms with van der Waals surface area (Å²) in [5.41, 5.74) is -0.523. The summed E-state index contributed by atoms with van der Waals surface area (Å²) in [6.45, 7) is 3.88. The number of nitrogens with one attached hydrogen (secondary N) is 1. The highest BCUT2D eigenvalue weighted by Gasteiger charge is 2.41. The van der Waals surface area contributed by atoms with E-state index in [0.29, 0.717) is 10.9 Å². The van der Waals surface area contributed by atoms with Gasteiger partial charge >= 0.3 is 5.69 Å². The summed E-state index contributed by atoms with van der Waals surface area (Å²) >= 11 is 0. The molecule has 0 spiro atoms. The molecule has 3 rings (SSSR count). The van der Waals surface area contributed by atoms with Gasteiger partial charge in [0, 0.05) is 5.92 Å². The molecule has 0 unspecified atom stereocenters. The molecule has 2 heterocycles. The monoisotopic (exact) mass is 290 g/mol. The lowest BCUT2D eigenvalue weighted by Crippen LogP contribution is -2.36. The number of rotatable bonds is 2. The predicted octanol–water partition coefficient (Wildman–Crippen LogP) is 0.994. The lowest BCUT2D eigenvalue weighted by atomic mass is 9.99. The largest absolute Gasteiger partial charge is 0.388 e. The van der Waals surface area contributed by atoms with Crippen LogP contribution in [0.4, 0.5) is 0 Å². The highest BCUT2D eigenvalue weighted by atomic mass is 16.5. The molecular formula is C15H18N2O4. The number of benzene rings is 1. The van der Waals surface area contributed by atoms with Crippen molar-refractivity contribution in [3.05, 3.63) is 45.1 Å². The molecule has 0 saturated carbocycles. The van der Waals surface area contributed by atoms with Gasteiger partial charge in [-0.05, 0) is 18.6 Å². The third kappa shape index (κ3) is 2.11. The van der Waals surface area contributed by atoms with Crippen LogP contribution in [0.15, 0.2) is 33.9 Å². The first-order valence-corrected chi connectivity index (χ1v) is 7.11. The number of aliphatic hydroxyl groups excluding tert-OH is 1. The van der Waals surface area contributed by atoms with Gasteiger partial charge in [-0.15, -0.1) is 0 Å². The zero-order valence-electron chi connectivity index (χ0n) is 11.9. The van der Waals surface area contributed by atoms with Gasteiger partial charge in [-0.25, -0.2) is 4.79 Å². The van der Waals surface area contributed by atoms with Crippen molar-refractivity contribution in [2.75, 3.05) is 0 Å². The van der Waals surface area contributed by atoms with Crippen LogP contribution < -0.4 is 11.2 Å². The molecule has 112 valence electrons. The van der Waals surface area contributed by atoms with Gasteiger partial charge in [0.15, 0.2) is 6.23 Å². The SMILES string of the molecule is CC[C@H]1O[C@@H](n2c(=O)[nH]c(=O)c3ccccc32)[C@@H](O)[C@@H]1C. The van der Waals surface area contributed by atoms with Crippen LogP contribution in [0, 0.1) is 5.92 Å². The molecule has 4 atom stereocenters. The third-order valence-corrected chi connectivity index (χ3v) is 4.24. The zero-order valence-corrected chi connectivity index (χ0v) is 11.9. The highest BCUT2D eigenvalue weighted by Crippen LogP contribution is 2.35. The molecule has 1 aromatic heterocycles. The highest BCUT2D eigenvalue weighted by molar-refractivity contribution is 5.77. The van der Waals surface area contributed by atoms with Crippen LogP contribution in [0.3, 0.4) is 0 Å². The van der Waals surface area contributed by atoms with Crippen molar-refractivity contribution in [3.8, 4) is 0 Å². The summed E-state index contributed by atoms with van der Waals surface area (Å²) in [4.78, 5) is 26.4. The molecule has 0 amide bonds. The van der Waals surface area contributed by atoms with E-state index in [2.05, 4.69) is 4.98 Å². The molecule has 0 bridgehead atoms. The van der Waals surface area contributed by atoms with Crippen molar-refractivity contribution < 1.29 is 9.84 Å². The Labute approximate surface area is 121 Å². The van der Waals surface area contributed by atoms with Gasteiger partial charge in [0.05, 0.1) is 17.0 Å². The molecule has 6 nitrogen and oxygen atoms in total. The molecule has 0 aliphatic carbocycles. The number of para-hydroxylation sites is 1. The Balaban J connectivity index is 2.22. The number of hydrogen-bond acceptors (Lipinski definition) is 4. The van der Waals surface area contributed by atoms with Crippen LogP contribution in [0.5, 0.6) is 0 Å². The van der Waals surface area contributed by atoms with Crippen LogP contribution >= 0.6 is 0 Å². The van der Waals surface area contributed by atoms with Crippen molar-refractivity contribution in [2.45, 2.75) is 38.7 Å². The second-order valence-corrected chi connectivity index (χ2v) is 5.47. The summed E-state index contributed by atoms with van der Waals surface area (Å²) in [6.07, 6.45) is -0.922. The topological polar surface area (TPSA) is 84.3 Å². The number of hydrogen-bond donors (Lipinski definition) is 2. The molecule has 1 saturated heterocycles. The molecule has 0 radical (unpaired) electrons. The second kappa shape index (κ2) is 5.13. The normalized spacial score (nSPS) is 29.1. The van der Waals surface area contributed by atoms with Gasteiger partial charge in [0.1, 0.15) is 6.10 Å². The summed E-state index contributed by atoms with van der Waals surface area (Å²) in [5.74, 6) is -0.0717. The Morgan fingerprint density at radius 3 is 2.71 bits per heavy atom. The first kappa shape index (κ1) is 14.0. The number of nitrogens with zero attached hydrogens (tertiary/aromatic N) is 1. The van der Waals surface area contributed by atoms with E-state index >= 15 is 0 Å². The molecule has 21 heavy (non-hydrogen) atoms. The molecule has 1 aromatic carbocycles. The van der Waals surface area contributed by atoms with Crippen molar-refractivity contribution in [1.29, 1.82) is 0 Å². The number of aromatic nitrogens is 2. The van der Waals surface area contributed by atoms with Gasteiger partial charge in [0.2, 0.25) is 0 Å². The Bertz CT molecular complexity index is 779. The first-order chi connectivity index (χ1) is 10.0. The van der Waals surface area contributed by atoms with E-state index in [4.69, 9.17) is 4.74 Å². The second-order valence-electron chi connectivity index (χ2n) is 5.47. The maximum Gasteiger partial charge on any atom is 0.331 e. The average Bonchev–Trinajstić information content (AvgIpc) is 2.75. The number of aromatic amines is 1. The van der Waals surface area contributed by atoms with Gasteiger partial charge in [-0.1, -0.05) is 26.0 Å². The molecular weight excluding hydrogens is 272 g/mol. The Morgan fingerprint density at radius 1 is 1.33 bits per heavy atom. The fourth-order valence-corrected chi connectivity index (χ4v) is 3.01. The van der Waals surface area contributed by atoms with Gasteiger partial charge in [0.25, 0.3) is 5.56 Å². The van der Waals surface area contributed by atoms with E-state index in [9.17, 15) is 14.7 Å². The van der Waals surface area contributed by atoms with Crippen LogP contribution in [-0.2, 0) is 4.74 Å². The van der Waals surface area contributed by atoms with Crippen molar-refractivity contribution in [2.24, 2.45) is 5.92 Å². The van der Waals surface area contributed by atoms with Crippen LogP contribution in [-0.4, -0.2) is 26.9 Å². The third-order valence-electron chi connectivity index (χ3n) is 4.24. The van der Waals surface area contributed by atoms with E-state index in [-0.39, 0.29) is 12.0 Å². The Hall–Kier alpha value is -1.92. The van der Waals surface area contributed by atoms with Crippen molar-refractivity contribution >= 4 is 10.9 Å². The summed E-state index contributed by atoms with van der Waals surface area (Å²) < 4.78 is 7.18. The van der Waals surface area contributed by atoms with E-state index in [1.165, 1.54) is 4.57 Å². The molecule has 2 aromatic rings. The maximum atomic E-state index is 12.2. The van der Waals surface area contributed by atoms with E-state index in [0.717, 1.165) is 6.42 Å². The summed E-state index contributed by atoms with van der Waals surface area (Å²) in [5, 5.41) is 10.8. The quantitative estimate of drug-likeness (QED) is 0.864. The lowest BCUT2D eigenvalue weighted by molar-refractivity contribution is -0.0376. The minimum absolute atomic E-state index is 0.0717. The van der Waals surface area contributed by atoms with E-state index < -0.39 is 23.6 Å². The fraction of sp³-hybridized carbons (Fsp3) is 0.467. The van der Waals surface area contributed by atoms with E-state index in [1.54, 1.807) is 24.3 Å². The zero-order chi connectivity index (χ0) is 15.1. The molecule has 6 heteroatoms.